The van der Waals surface area contributed by atoms with E-state index in [1.165, 1.54) is 12.3 Å². The predicted octanol–water partition coefficient (Wildman–Crippen LogP) is 3.75. The monoisotopic (exact) mass is 265 g/mol. The standard InChI is InChI=1S/C13H13ClFN3/c1-8-3-4-11(10(15)5-8)18-9(2)12-6-17-13(14)7-16-12/h3-7,9,18H,1-2H3. The SMILES string of the molecule is Cc1ccc(NC(C)c2cnc(Cl)cn2)c(F)c1. The van der Waals surface area contributed by atoms with Crippen molar-refractivity contribution in [3.63, 3.8) is 0 Å². The first-order chi connectivity index (χ1) is 8.56. The molecule has 3 nitrogen and oxygen atoms in total. The van der Waals surface area contributed by atoms with E-state index in [2.05, 4.69) is 15.3 Å². The second kappa shape index (κ2) is 5.31. The molecule has 0 spiro atoms. The molecule has 2 aromatic rings. The fourth-order valence-corrected chi connectivity index (χ4v) is 1.69. The Morgan fingerprint density at radius 1 is 1.28 bits per heavy atom. The minimum absolute atomic E-state index is 0.146. The van der Waals surface area contributed by atoms with Crippen molar-refractivity contribution in [3.8, 4) is 0 Å². The van der Waals surface area contributed by atoms with Gasteiger partial charge in [0.2, 0.25) is 0 Å². The number of hydrogen-bond donors (Lipinski definition) is 1. The van der Waals surface area contributed by atoms with Crippen molar-refractivity contribution in [2.45, 2.75) is 19.9 Å². The summed E-state index contributed by atoms with van der Waals surface area (Å²) in [7, 11) is 0. The number of aromatic nitrogens is 2. The van der Waals surface area contributed by atoms with E-state index in [-0.39, 0.29) is 11.9 Å². The molecule has 94 valence electrons. The summed E-state index contributed by atoms with van der Waals surface area (Å²) in [6, 6.07) is 4.91. The summed E-state index contributed by atoms with van der Waals surface area (Å²) >= 11 is 5.67. The van der Waals surface area contributed by atoms with Crippen molar-refractivity contribution in [1.29, 1.82) is 0 Å². The molecule has 1 aromatic heterocycles. The first-order valence-corrected chi connectivity index (χ1v) is 5.94. The van der Waals surface area contributed by atoms with Gasteiger partial charge in [0.05, 0.1) is 29.8 Å². The lowest BCUT2D eigenvalue weighted by Crippen LogP contribution is -2.10. The van der Waals surface area contributed by atoms with Crippen molar-refractivity contribution in [3.05, 3.63) is 52.8 Å². The zero-order valence-corrected chi connectivity index (χ0v) is 10.9. The number of benzene rings is 1. The van der Waals surface area contributed by atoms with Crippen LogP contribution in [0.3, 0.4) is 0 Å². The number of halogens is 2. The summed E-state index contributed by atoms with van der Waals surface area (Å²) in [5.74, 6) is -0.274. The summed E-state index contributed by atoms with van der Waals surface area (Å²) in [4.78, 5) is 8.09. The lowest BCUT2D eigenvalue weighted by Gasteiger charge is -2.15. The highest BCUT2D eigenvalue weighted by molar-refractivity contribution is 6.29. The maximum Gasteiger partial charge on any atom is 0.147 e. The average Bonchev–Trinajstić information content (AvgIpc) is 2.33. The Kier molecular flexibility index (Phi) is 3.77. The molecule has 0 fully saturated rings. The van der Waals surface area contributed by atoms with Gasteiger partial charge in [0.25, 0.3) is 0 Å². The molecular weight excluding hydrogens is 253 g/mol. The second-order valence-electron chi connectivity index (χ2n) is 4.11. The Morgan fingerprint density at radius 2 is 2.06 bits per heavy atom. The van der Waals surface area contributed by atoms with Crippen LogP contribution in [-0.2, 0) is 0 Å². The molecule has 1 N–H and O–H groups in total. The second-order valence-corrected chi connectivity index (χ2v) is 4.50. The van der Waals surface area contributed by atoms with Gasteiger partial charge in [0.15, 0.2) is 0 Å². The first-order valence-electron chi connectivity index (χ1n) is 5.56. The van der Waals surface area contributed by atoms with Crippen molar-refractivity contribution in [1.82, 2.24) is 9.97 Å². The van der Waals surface area contributed by atoms with Crippen LogP contribution in [0.1, 0.15) is 24.2 Å². The van der Waals surface area contributed by atoms with E-state index < -0.39 is 0 Å². The van der Waals surface area contributed by atoms with Gasteiger partial charge in [-0.25, -0.2) is 9.37 Å². The minimum Gasteiger partial charge on any atom is -0.375 e. The summed E-state index contributed by atoms with van der Waals surface area (Å²) in [5.41, 5.74) is 2.04. The largest absolute Gasteiger partial charge is 0.375 e. The molecule has 18 heavy (non-hydrogen) atoms. The molecule has 5 heteroatoms. The van der Waals surface area contributed by atoms with Crippen molar-refractivity contribution < 1.29 is 4.39 Å². The van der Waals surface area contributed by atoms with Crippen LogP contribution >= 0.6 is 11.6 Å². The smallest absolute Gasteiger partial charge is 0.147 e. The molecule has 0 amide bonds. The number of nitrogens with one attached hydrogen (secondary N) is 1. The van der Waals surface area contributed by atoms with Crippen molar-refractivity contribution in [2.75, 3.05) is 5.32 Å². The van der Waals surface area contributed by atoms with E-state index in [1.54, 1.807) is 12.3 Å². The zero-order valence-electron chi connectivity index (χ0n) is 10.1. The van der Waals surface area contributed by atoms with E-state index in [0.717, 1.165) is 5.56 Å². The summed E-state index contributed by atoms with van der Waals surface area (Å²) in [6.07, 6.45) is 3.05. The van der Waals surface area contributed by atoms with Gasteiger partial charge in [-0.05, 0) is 31.5 Å². The molecule has 0 aliphatic carbocycles. The maximum atomic E-state index is 13.7. The van der Waals surface area contributed by atoms with Gasteiger partial charge in [0, 0.05) is 0 Å². The fraction of sp³-hybridized carbons (Fsp3) is 0.231. The summed E-state index contributed by atoms with van der Waals surface area (Å²) in [6.45, 7) is 3.73. The van der Waals surface area contributed by atoms with E-state index in [0.29, 0.717) is 16.5 Å². The zero-order chi connectivity index (χ0) is 13.1. The molecule has 1 heterocycles. The van der Waals surface area contributed by atoms with Crippen LogP contribution in [0.5, 0.6) is 0 Å². The third-order valence-electron chi connectivity index (χ3n) is 2.58. The van der Waals surface area contributed by atoms with Gasteiger partial charge in [-0.2, -0.15) is 0 Å². The van der Waals surface area contributed by atoms with Crippen LogP contribution < -0.4 is 5.32 Å². The van der Waals surface area contributed by atoms with Gasteiger partial charge in [0.1, 0.15) is 11.0 Å². The van der Waals surface area contributed by atoms with Gasteiger partial charge in [-0.3, -0.25) is 4.98 Å². The fourth-order valence-electron chi connectivity index (χ4n) is 1.59. The third-order valence-corrected chi connectivity index (χ3v) is 2.78. The van der Waals surface area contributed by atoms with E-state index >= 15 is 0 Å². The van der Waals surface area contributed by atoms with Crippen molar-refractivity contribution >= 4 is 17.3 Å². The van der Waals surface area contributed by atoms with E-state index in [9.17, 15) is 4.39 Å². The Morgan fingerprint density at radius 3 is 2.67 bits per heavy atom. The number of nitrogens with zero attached hydrogens (tertiary/aromatic N) is 2. The molecule has 0 radical (unpaired) electrons. The highest BCUT2D eigenvalue weighted by Crippen LogP contribution is 2.21. The summed E-state index contributed by atoms with van der Waals surface area (Å²) < 4.78 is 13.7. The van der Waals surface area contributed by atoms with Gasteiger partial charge in [-0.15, -0.1) is 0 Å². The highest BCUT2D eigenvalue weighted by Gasteiger charge is 2.10. The Bertz CT molecular complexity index is 542. The van der Waals surface area contributed by atoms with Crippen molar-refractivity contribution in [2.24, 2.45) is 0 Å². The molecule has 0 saturated carbocycles. The van der Waals surface area contributed by atoms with Gasteiger partial charge >= 0.3 is 0 Å². The molecule has 0 aliphatic rings. The molecule has 1 unspecified atom stereocenters. The number of aryl methyl sites for hydroxylation is 1. The Hall–Kier alpha value is -1.68. The lowest BCUT2D eigenvalue weighted by atomic mass is 10.2. The van der Waals surface area contributed by atoms with Crippen LogP contribution in [0.25, 0.3) is 0 Å². The normalized spacial score (nSPS) is 12.2. The number of anilines is 1. The lowest BCUT2D eigenvalue weighted by molar-refractivity contribution is 0.625. The Balaban J connectivity index is 2.15. The van der Waals surface area contributed by atoms with Crippen LogP contribution in [0, 0.1) is 12.7 Å². The van der Waals surface area contributed by atoms with Crippen LogP contribution in [0.2, 0.25) is 5.15 Å². The number of rotatable bonds is 3. The minimum atomic E-state index is -0.274. The number of hydrogen-bond acceptors (Lipinski definition) is 3. The Labute approximate surface area is 110 Å². The van der Waals surface area contributed by atoms with E-state index in [1.807, 2.05) is 19.9 Å². The average molecular weight is 266 g/mol. The van der Waals surface area contributed by atoms with Crippen LogP contribution in [-0.4, -0.2) is 9.97 Å². The summed E-state index contributed by atoms with van der Waals surface area (Å²) in [5, 5.41) is 3.39. The topological polar surface area (TPSA) is 37.8 Å². The predicted molar refractivity (Wildman–Crippen MR) is 70.2 cm³/mol. The van der Waals surface area contributed by atoms with Crippen LogP contribution in [0.4, 0.5) is 10.1 Å². The molecule has 0 aliphatic heterocycles. The molecule has 0 saturated heterocycles. The molecular formula is C13H13ClFN3. The van der Waals surface area contributed by atoms with E-state index in [4.69, 9.17) is 11.6 Å². The maximum absolute atomic E-state index is 13.7. The third kappa shape index (κ3) is 2.96. The highest BCUT2D eigenvalue weighted by atomic mass is 35.5. The molecule has 0 bridgehead atoms. The molecule has 1 atom stereocenters. The quantitative estimate of drug-likeness (QED) is 0.918. The first kappa shape index (κ1) is 12.8. The van der Waals surface area contributed by atoms with Gasteiger partial charge in [-0.1, -0.05) is 17.7 Å². The van der Waals surface area contributed by atoms with Gasteiger partial charge < -0.3 is 5.32 Å². The molecule has 1 aromatic carbocycles. The van der Waals surface area contributed by atoms with Crippen LogP contribution in [0.15, 0.2) is 30.6 Å². The molecule has 2 rings (SSSR count).